The van der Waals surface area contributed by atoms with Crippen molar-refractivity contribution in [3.05, 3.63) is 75.1 Å². The van der Waals surface area contributed by atoms with E-state index in [-0.39, 0.29) is 11.8 Å². The minimum atomic E-state index is -0.398. The molecule has 0 bridgehead atoms. The number of carbonyl (C=O) groups is 2. The van der Waals surface area contributed by atoms with E-state index in [1.807, 2.05) is 24.3 Å². The summed E-state index contributed by atoms with van der Waals surface area (Å²) in [6.07, 6.45) is 6.88. The molecule has 0 saturated carbocycles. The molecule has 0 N–H and O–H groups in total. The summed E-state index contributed by atoms with van der Waals surface area (Å²) in [4.78, 5) is 25.8. The highest BCUT2D eigenvalue weighted by atomic mass is 79.9. The minimum Gasteiger partial charge on any atom is -0.493 e. The zero-order valence-electron chi connectivity index (χ0n) is 17.1. The van der Waals surface area contributed by atoms with Gasteiger partial charge in [0, 0.05) is 0 Å². The molecule has 7 heteroatoms. The van der Waals surface area contributed by atoms with Crippen LogP contribution in [0.25, 0.3) is 16.8 Å². The number of rotatable bonds is 6. The maximum Gasteiger partial charge on any atom is 0.294 e. The Labute approximate surface area is 198 Å². The Morgan fingerprint density at radius 3 is 2.66 bits per heavy atom. The van der Waals surface area contributed by atoms with E-state index < -0.39 is 5.91 Å². The molecule has 1 heterocycles. The molecule has 5 nitrogen and oxygen atoms in total. The van der Waals surface area contributed by atoms with E-state index in [9.17, 15) is 9.59 Å². The van der Waals surface area contributed by atoms with Crippen LogP contribution in [0.1, 0.15) is 11.1 Å². The first-order chi connectivity index (χ1) is 15.5. The fraction of sp³-hybridized carbons (Fsp3) is 0.120. The molecule has 0 atom stereocenters. The SMILES string of the molecule is C#CCN1C(=O)S/C(=C/c2cc(Br)c(OCc3ccc4ccccc4c3)c(OC)c2)C1=O. The van der Waals surface area contributed by atoms with Crippen LogP contribution in [-0.4, -0.2) is 29.7 Å². The van der Waals surface area contributed by atoms with Crippen LogP contribution in [0.15, 0.2) is 64.0 Å². The molecule has 0 aliphatic carbocycles. The predicted molar refractivity (Wildman–Crippen MR) is 130 cm³/mol. The van der Waals surface area contributed by atoms with Gasteiger partial charge in [-0.25, -0.2) is 0 Å². The smallest absolute Gasteiger partial charge is 0.294 e. The van der Waals surface area contributed by atoms with Crippen molar-refractivity contribution < 1.29 is 19.1 Å². The van der Waals surface area contributed by atoms with Gasteiger partial charge in [0.25, 0.3) is 11.1 Å². The molecule has 3 aromatic carbocycles. The number of ether oxygens (including phenoxy) is 2. The number of amides is 2. The molecule has 1 saturated heterocycles. The van der Waals surface area contributed by atoms with Crippen molar-refractivity contribution in [2.45, 2.75) is 6.61 Å². The lowest BCUT2D eigenvalue weighted by atomic mass is 10.1. The van der Waals surface area contributed by atoms with Crippen LogP contribution in [0, 0.1) is 12.3 Å². The van der Waals surface area contributed by atoms with Crippen molar-refractivity contribution in [3.63, 3.8) is 0 Å². The molecule has 0 unspecified atom stereocenters. The molecule has 3 aromatic rings. The molecule has 1 aliphatic rings. The van der Waals surface area contributed by atoms with Crippen molar-refractivity contribution >= 4 is 55.7 Å². The van der Waals surface area contributed by atoms with E-state index in [1.165, 1.54) is 5.39 Å². The molecule has 0 radical (unpaired) electrons. The summed E-state index contributed by atoms with van der Waals surface area (Å²) < 4.78 is 12.2. The monoisotopic (exact) mass is 507 g/mol. The highest BCUT2D eigenvalue weighted by Gasteiger charge is 2.34. The zero-order chi connectivity index (χ0) is 22.7. The third-order valence-corrected chi connectivity index (χ3v) is 6.37. The number of imide groups is 1. The normalized spacial score (nSPS) is 14.8. The molecule has 0 aromatic heterocycles. The van der Waals surface area contributed by atoms with Gasteiger partial charge in [-0.2, -0.15) is 0 Å². The summed E-state index contributed by atoms with van der Waals surface area (Å²) in [5, 5.41) is 1.94. The first-order valence-corrected chi connectivity index (χ1v) is 11.3. The van der Waals surface area contributed by atoms with Gasteiger partial charge < -0.3 is 9.47 Å². The van der Waals surface area contributed by atoms with Crippen molar-refractivity contribution in [2.75, 3.05) is 13.7 Å². The Bertz CT molecular complexity index is 1290. The molecule has 32 heavy (non-hydrogen) atoms. The van der Waals surface area contributed by atoms with Crippen LogP contribution >= 0.6 is 27.7 Å². The molecular weight excluding hydrogens is 490 g/mol. The Kier molecular flexibility index (Phi) is 6.54. The molecule has 4 rings (SSSR count). The molecule has 1 aliphatic heterocycles. The summed E-state index contributed by atoms with van der Waals surface area (Å²) in [6.45, 7) is 0.320. The summed E-state index contributed by atoms with van der Waals surface area (Å²) in [5.41, 5.74) is 1.72. The second-order valence-corrected chi connectivity index (χ2v) is 8.82. The Hall–Kier alpha value is -3.21. The van der Waals surface area contributed by atoms with E-state index in [0.717, 1.165) is 27.6 Å². The van der Waals surface area contributed by atoms with E-state index in [2.05, 4.69) is 46.1 Å². The first kappa shape index (κ1) is 22.0. The standard InChI is InChI=1S/C25H18BrNO4S/c1-3-10-27-24(28)22(32-25(27)29)14-17-12-20(26)23(21(13-17)30-2)31-15-16-8-9-18-6-4-5-7-19(18)11-16/h1,4-9,11-14H,10,15H2,2H3/b22-14+. The predicted octanol–water partition coefficient (Wildman–Crippen LogP) is 5.86. The lowest BCUT2D eigenvalue weighted by molar-refractivity contribution is -0.122. The molecular formula is C25H18BrNO4S. The number of thioether (sulfide) groups is 1. The number of hydrogen-bond donors (Lipinski definition) is 0. The number of fused-ring (bicyclic) bond motifs is 1. The minimum absolute atomic E-state index is 0.0451. The Balaban J connectivity index is 1.56. The van der Waals surface area contributed by atoms with Crippen LogP contribution in [0.5, 0.6) is 11.5 Å². The second-order valence-electron chi connectivity index (χ2n) is 6.98. The van der Waals surface area contributed by atoms with E-state index in [1.54, 1.807) is 19.3 Å². The fourth-order valence-electron chi connectivity index (χ4n) is 3.33. The summed E-state index contributed by atoms with van der Waals surface area (Å²) >= 11 is 4.40. The Morgan fingerprint density at radius 2 is 1.91 bits per heavy atom. The van der Waals surface area contributed by atoms with Crippen molar-refractivity contribution in [1.29, 1.82) is 0 Å². The van der Waals surface area contributed by atoms with Crippen molar-refractivity contribution in [1.82, 2.24) is 4.90 Å². The van der Waals surface area contributed by atoms with Crippen molar-refractivity contribution in [2.24, 2.45) is 0 Å². The highest BCUT2D eigenvalue weighted by molar-refractivity contribution is 9.10. The Morgan fingerprint density at radius 1 is 1.12 bits per heavy atom. The molecule has 2 amide bonds. The van der Waals surface area contributed by atoms with Gasteiger partial charge >= 0.3 is 0 Å². The number of benzene rings is 3. The van der Waals surface area contributed by atoms with Crippen LogP contribution < -0.4 is 9.47 Å². The number of hydrogen-bond acceptors (Lipinski definition) is 5. The number of halogens is 1. The summed E-state index contributed by atoms with van der Waals surface area (Å²) in [6, 6.07) is 17.9. The molecule has 1 fully saturated rings. The third-order valence-electron chi connectivity index (χ3n) is 4.87. The summed E-state index contributed by atoms with van der Waals surface area (Å²) in [5.74, 6) is 2.99. The molecule has 0 spiro atoms. The topological polar surface area (TPSA) is 55.8 Å². The van der Waals surface area contributed by atoms with Gasteiger partial charge in [0.2, 0.25) is 0 Å². The maximum atomic E-state index is 12.4. The largest absolute Gasteiger partial charge is 0.493 e. The van der Waals surface area contributed by atoms with Crippen LogP contribution in [-0.2, 0) is 11.4 Å². The van der Waals surface area contributed by atoms with Gasteiger partial charge in [0.15, 0.2) is 11.5 Å². The maximum absolute atomic E-state index is 12.4. The highest BCUT2D eigenvalue weighted by Crippen LogP contribution is 2.39. The third kappa shape index (κ3) is 4.52. The number of terminal acetylenes is 1. The second kappa shape index (κ2) is 9.51. The fourth-order valence-corrected chi connectivity index (χ4v) is 4.74. The van der Waals surface area contributed by atoms with Gasteiger partial charge in [-0.3, -0.25) is 14.5 Å². The van der Waals surface area contributed by atoms with Gasteiger partial charge in [-0.1, -0.05) is 42.3 Å². The van der Waals surface area contributed by atoms with Gasteiger partial charge in [-0.15, -0.1) is 6.42 Å². The average molecular weight is 508 g/mol. The molecule has 160 valence electrons. The van der Waals surface area contributed by atoms with Gasteiger partial charge in [-0.05, 0) is 73.9 Å². The quantitative estimate of drug-likeness (QED) is 0.309. The van der Waals surface area contributed by atoms with Crippen molar-refractivity contribution in [3.8, 4) is 23.8 Å². The lowest BCUT2D eigenvalue weighted by Crippen LogP contribution is -2.28. The number of carbonyl (C=O) groups excluding carboxylic acids is 2. The van der Waals surface area contributed by atoms with Crippen LogP contribution in [0.4, 0.5) is 4.79 Å². The summed E-state index contributed by atoms with van der Waals surface area (Å²) in [7, 11) is 1.55. The van der Waals surface area contributed by atoms with Gasteiger partial charge in [0.05, 0.1) is 23.0 Å². The number of nitrogens with zero attached hydrogens (tertiary/aromatic N) is 1. The van der Waals surface area contributed by atoms with E-state index in [4.69, 9.17) is 15.9 Å². The van der Waals surface area contributed by atoms with Gasteiger partial charge in [0.1, 0.15) is 6.61 Å². The van der Waals surface area contributed by atoms with E-state index in [0.29, 0.717) is 33.0 Å². The average Bonchev–Trinajstić information content (AvgIpc) is 3.05. The lowest BCUT2D eigenvalue weighted by Gasteiger charge is -2.14. The van der Waals surface area contributed by atoms with Crippen LogP contribution in [0.2, 0.25) is 0 Å². The number of methoxy groups -OCH3 is 1. The zero-order valence-corrected chi connectivity index (χ0v) is 19.5. The van der Waals surface area contributed by atoms with E-state index >= 15 is 0 Å². The first-order valence-electron chi connectivity index (χ1n) is 9.67. The van der Waals surface area contributed by atoms with Crippen LogP contribution in [0.3, 0.4) is 0 Å².